The molecule has 2 aromatic rings. The van der Waals surface area contributed by atoms with Gasteiger partial charge in [-0.25, -0.2) is 27.6 Å². The summed E-state index contributed by atoms with van der Waals surface area (Å²) in [6.07, 6.45) is -0.900. The van der Waals surface area contributed by atoms with Crippen LogP contribution in [0, 0.1) is 0 Å². The second-order valence-corrected chi connectivity index (χ2v) is 9.14. The number of hydrogen-bond donors (Lipinski definition) is 2. The Balaban J connectivity index is 1.69. The van der Waals surface area contributed by atoms with Gasteiger partial charge in [-0.05, 0) is 26.7 Å². The Morgan fingerprint density at radius 1 is 1.29 bits per heavy atom. The summed E-state index contributed by atoms with van der Waals surface area (Å²) in [5, 5.41) is 6.78. The molecule has 0 aliphatic carbocycles. The Morgan fingerprint density at radius 2 is 2.00 bits per heavy atom. The van der Waals surface area contributed by atoms with E-state index in [4.69, 9.17) is 10.5 Å². The second-order valence-electron chi connectivity index (χ2n) is 9.14. The van der Waals surface area contributed by atoms with Crippen molar-refractivity contribution in [1.82, 2.24) is 25.0 Å². The molecule has 0 saturated carbocycles. The highest BCUT2D eigenvalue weighted by molar-refractivity contribution is 5.85. The number of halogens is 3. The fraction of sp³-hybridized carbons (Fsp3) is 0.565. The summed E-state index contributed by atoms with van der Waals surface area (Å²) in [5.74, 6) is -3.44. The quantitative estimate of drug-likeness (QED) is 0.523. The average Bonchev–Trinajstić information content (AvgIpc) is 3.45. The van der Waals surface area contributed by atoms with Crippen LogP contribution >= 0.6 is 0 Å². The molecule has 1 fully saturated rings. The van der Waals surface area contributed by atoms with Gasteiger partial charge < -0.3 is 20.7 Å². The van der Waals surface area contributed by atoms with E-state index in [-0.39, 0.29) is 50.5 Å². The molecule has 2 amide bonds. The molecule has 2 heterocycles. The first-order chi connectivity index (χ1) is 16.5. The number of alkyl halides is 3. The first-order valence-electron chi connectivity index (χ1n) is 11.4. The van der Waals surface area contributed by atoms with Gasteiger partial charge in [-0.2, -0.15) is 5.10 Å². The monoisotopic (exact) mass is 496 g/mol. The van der Waals surface area contributed by atoms with Crippen LogP contribution < -0.4 is 11.1 Å². The van der Waals surface area contributed by atoms with Gasteiger partial charge in [0.2, 0.25) is 5.91 Å². The largest absolute Gasteiger partial charge is 0.447 e. The van der Waals surface area contributed by atoms with Crippen LogP contribution in [0.2, 0.25) is 0 Å². The van der Waals surface area contributed by atoms with Crippen LogP contribution in [0.25, 0.3) is 0 Å². The van der Waals surface area contributed by atoms with Gasteiger partial charge in [0, 0.05) is 18.5 Å². The number of hydrogen-bond acceptors (Lipinski definition) is 6. The Bertz CT molecular complexity index is 996. The first-order valence-corrected chi connectivity index (χ1v) is 11.4. The zero-order chi connectivity index (χ0) is 25.6. The van der Waals surface area contributed by atoms with Crippen molar-refractivity contribution in [1.29, 1.82) is 0 Å². The molecule has 12 heteroatoms. The van der Waals surface area contributed by atoms with Crippen LogP contribution in [0.1, 0.15) is 50.5 Å². The Hall–Kier alpha value is -3.15. The molecular weight excluding hydrogens is 465 g/mol. The van der Waals surface area contributed by atoms with Gasteiger partial charge in [-0.3, -0.25) is 4.79 Å². The van der Waals surface area contributed by atoms with E-state index in [1.54, 1.807) is 6.07 Å². The van der Waals surface area contributed by atoms with Crippen LogP contribution in [0.15, 0.2) is 36.7 Å². The molecule has 1 aliphatic rings. The third-order valence-electron chi connectivity index (χ3n) is 5.71. The number of ether oxygens (including phenoxy) is 1. The molecule has 9 nitrogen and oxygen atoms in total. The van der Waals surface area contributed by atoms with Crippen LogP contribution in [-0.4, -0.2) is 63.1 Å². The van der Waals surface area contributed by atoms with Gasteiger partial charge >= 0.3 is 6.09 Å². The summed E-state index contributed by atoms with van der Waals surface area (Å²) in [7, 11) is 0. The van der Waals surface area contributed by atoms with Crippen LogP contribution in [0.5, 0.6) is 0 Å². The number of likely N-dealkylation sites (tertiary alicyclic amines) is 1. The highest BCUT2D eigenvalue weighted by atomic mass is 19.3. The minimum atomic E-state index is -3.13. The van der Waals surface area contributed by atoms with Crippen LogP contribution in [-0.2, 0) is 22.0 Å². The molecule has 2 atom stereocenters. The number of benzene rings is 1. The lowest BCUT2D eigenvalue weighted by molar-refractivity contribution is -0.126. The summed E-state index contributed by atoms with van der Waals surface area (Å²) in [4.78, 5) is 30.1. The standard InChI is InChI=1S/C23H31F3N6O3/c1-22(2,27)20(33)30-18(8-10-23(25,26)16-6-4-3-5-7-16)19-28-15-29-32(19)12-13-35-21(34)31-11-9-17(24)14-31/h3-7,15,17-18H,8-14,27H2,1-2H3,(H,30,33)/t17-,18?/m0/s1. The molecule has 1 aliphatic heterocycles. The van der Waals surface area contributed by atoms with Gasteiger partial charge in [-0.1, -0.05) is 30.3 Å². The normalized spacial score (nSPS) is 17.3. The fourth-order valence-corrected chi connectivity index (χ4v) is 3.67. The molecule has 3 rings (SSSR count). The van der Waals surface area contributed by atoms with Crippen molar-refractivity contribution < 1.29 is 27.5 Å². The van der Waals surface area contributed by atoms with Crippen molar-refractivity contribution in [3.8, 4) is 0 Å². The minimum absolute atomic E-state index is 0.00792. The predicted molar refractivity (Wildman–Crippen MR) is 121 cm³/mol. The maximum absolute atomic E-state index is 14.8. The number of nitrogens with two attached hydrogens (primary N) is 1. The SMILES string of the molecule is CC(C)(N)C(=O)NC(CCC(F)(F)c1ccccc1)c1ncnn1CCOC(=O)N1CC[C@H](F)C1. The fourth-order valence-electron chi connectivity index (χ4n) is 3.67. The van der Waals surface area contributed by atoms with Gasteiger partial charge in [0.15, 0.2) is 0 Å². The number of carbonyl (C=O) groups excluding carboxylic acids is 2. The predicted octanol–water partition coefficient (Wildman–Crippen LogP) is 2.93. The number of aromatic nitrogens is 3. The third kappa shape index (κ3) is 7.17. The van der Waals surface area contributed by atoms with E-state index in [9.17, 15) is 22.8 Å². The lowest BCUT2D eigenvalue weighted by atomic mass is 9.99. The highest BCUT2D eigenvalue weighted by Crippen LogP contribution is 2.35. The molecule has 35 heavy (non-hydrogen) atoms. The minimum Gasteiger partial charge on any atom is -0.447 e. The van der Waals surface area contributed by atoms with Crippen LogP contribution in [0.3, 0.4) is 0 Å². The topological polar surface area (TPSA) is 115 Å². The molecule has 3 N–H and O–H groups in total. The van der Waals surface area contributed by atoms with E-state index < -0.39 is 42.1 Å². The molecule has 1 aromatic heterocycles. The number of rotatable bonds is 10. The number of nitrogens with zero attached hydrogens (tertiary/aromatic N) is 4. The van der Waals surface area contributed by atoms with E-state index in [2.05, 4.69) is 15.4 Å². The molecule has 1 saturated heterocycles. The summed E-state index contributed by atoms with van der Waals surface area (Å²) >= 11 is 0. The molecule has 0 radical (unpaired) electrons. The van der Waals surface area contributed by atoms with Gasteiger partial charge in [-0.15, -0.1) is 0 Å². The van der Waals surface area contributed by atoms with Crippen molar-refractivity contribution in [3.63, 3.8) is 0 Å². The molecule has 0 spiro atoms. The molecular formula is C23H31F3N6O3. The van der Waals surface area contributed by atoms with Crippen molar-refractivity contribution in [2.45, 2.75) is 63.3 Å². The Morgan fingerprint density at radius 3 is 2.63 bits per heavy atom. The summed E-state index contributed by atoms with van der Waals surface area (Å²) < 4.78 is 49.5. The molecule has 1 aromatic carbocycles. The van der Waals surface area contributed by atoms with E-state index >= 15 is 0 Å². The van der Waals surface area contributed by atoms with Crippen molar-refractivity contribution in [2.24, 2.45) is 5.73 Å². The highest BCUT2D eigenvalue weighted by Gasteiger charge is 2.35. The maximum atomic E-state index is 14.8. The number of nitrogens with one attached hydrogen (secondary N) is 1. The lowest BCUT2D eigenvalue weighted by Gasteiger charge is -2.26. The van der Waals surface area contributed by atoms with Crippen molar-refractivity contribution in [2.75, 3.05) is 19.7 Å². The number of carbonyl (C=O) groups is 2. The Labute approximate surface area is 201 Å². The van der Waals surface area contributed by atoms with E-state index in [0.717, 1.165) is 0 Å². The van der Waals surface area contributed by atoms with E-state index in [0.29, 0.717) is 0 Å². The zero-order valence-electron chi connectivity index (χ0n) is 19.8. The first kappa shape index (κ1) is 26.5. The van der Waals surface area contributed by atoms with Gasteiger partial charge in [0.05, 0.1) is 24.7 Å². The van der Waals surface area contributed by atoms with Gasteiger partial charge in [0.25, 0.3) is 5.92 Å². The molecule has 192 valence electrons. The maximum Gasteiger partial charge on any atom is 0.409 e. The third-order valence-corrected chi connectivity index (χ3v) is 5.71. The van der Waals surface area contributed by atoms with Crippen molar-refractivity contribution in [3.05, 3.63) is 48.0 Å². The second kappa shape index (κ2) is 11.1. The molecule has 1 unspecified atom stereocenters. The lowest BCUT2D eigenvalue weighted by Crippen LogP contribution is -2.50. The molecule has 0 bridgehead atoms. The van der Waals surface area contributed by atoms with Gasteiger partial charge in [0.1, 0.15) is 24.9 Å². The van der Waals surface area contributed by atoms with Crippen molar-refractivity contribution >= 4 is 12.0 Å². The van der Waals surface area contributed by atoms with E-state index in [1.165, 1.54) is 54.0 Å². The number of amides is 2. The summed E-state index contributed by atoms with van der Waals surface area (Å²) in [6, 6.07) is 6.50. The summed E-state index contributed by atoms with van der Waals surface area (Å²) in [6.45, 7) is 3.26. The zero-order valence-corrected chi connectivity index (χ0v) is 19.8. The average molecular weight is 497 g/mol. The van der Waals surface area contributed by atoms with E-state index in [1.807, 2.05) is 0 Å². The van der Waals surface area contributed by atoms with Crippen LogP contribution in [0.4, 0.5) is 18.0 Å². The summed E-state index contributed by atoms with van der Waals surface area (Å²) in [5.41, 5.74) is 4.51. The Kier molecular flexibility index (Phi) is 8.36. The smallest absolute Gasteiger partial charge is 0.409 e.